The van der Waals surface area contributed by atoms with Gasteiger partial charge in [0.05, 0.1) is 12.7 Å². The molecule has 3 N–H and O–H groups in total. The molecule has 0 aliphatic rings. The van der Waals surface area contributed by atoms with Crippen molar-refractivity contribution in [2.75, 3.05) is 11.9 Å². The van der Waals surface area contributed by atoms with Crippen molar-refractivity contribution in [3.8, 4) is 0 Å². The molecule has 1 heterocycles. The number of hydrogen-bond acceptors (Lipinski definition) is 4. The summed E-state index contributed by atoms with van der Waals surface area (Å²) < 4.78 is 1.73. The van der Waals surface area contributed by atoms with Crippen molar-refractivity contribution in [2.45, 2.75) is 26.4 Å². The molecule has 0 aliphatic carbocycles. The number of hydrogen-bond donors (Lipinski definition) is 3. The molecule has 1 aromatic carbocycles. The van der Waals surface area contributed by atoms with E-state index in [0.29, 0.717) is 6.54 Å². The highest BCUT2D eigenvalue weighted by atomic mass is 16.2. The highest BCUT2D eigenvalue weighted by molar-refractivity contribution is 5.88. The lowest BCUT2D eigenvalue weighted by Crippen LogP contribution is -2.34. The number of aryl methyl sites for hydroxylation is 1. The van der Waals surface area contributed by atoms with Gasteiger partial charge in [-0.05, 0) is 24.6 Å². The number of carbonyl (C=O) groups is 2. The van der Waals surface area contributed by atoms with Crippen LogP contribution in [0.2, 0.25) is 0 Å². The molecule has 2 aromatic rings. The first-order chi connectivity index (χ1) is 11.4. The number of aromatic nitrogens is 2. The summed E-state index contributed by atoms with van der Waals surface area (Å²) in [6, 6.07) is 7.42. The van der Waals surface area contributed by atoms with Crippen LogP contribution in [0.15, 0.2) is 36.7 Å². The Balaban J connectivity index is 1.73. The minimum atomic E-state index is -0.107. The molecule has 1 unspecified atom stereocenters. The van der Waals surface area contributed by atoms with Gasteiger partial charge in [-0.2, -0.15) is 5.10 Å². The summed E-state index contributed by atoms with van der Waals surface area (Å²) in [6.07, 6.45) is 3.71. The molecule has 0 spiro atoms. The van der Waals surface area contributed by atoms with E-state index in [9.17, 15) is 9.59 Å². The van der Waals surface area contributed by atoms with E-state index in [-0.39, 0.29) is 24.4 Å². The molecular formula is C17H23N5O2. The number of nitrogens with zero attached hydrogens (tertiary/aromatic N) is 2. The quantitative estimate of drug-likeness (QED) is 0.715. The molecular weight excluding hydrogens is 306 g/mol. The normalized spacial score (nSPS) is 11.8. The number of benzene rings is 1. The monoisotopic (exact) mass is 329 g/mol. The van der Waals surface area contributed by atoms with Crippen LogP contribution in [0.3, 0.4) is 0 Å². The van der Waals surface area contributed by atoms with E-state index >= 15 is 0 Å². The van der Waals surface area contributed by atoms with Crippen LogP contribution in [0, 0.1) is 0 Å². The maximum absolute atomic E-state index is 11.9. The van der Waals surface area contributed by atoms with Gasteiger partial charge in [0.1, 0.15) is 0 Å². The Morgan fingerprint density at radius 1 is 1.25 bits per heavy atom. The summed E-state index contributed by atoms with van der Waals surface area (Å²) in [5, 5.41) is 12.8. The average Bonchev–Trinajstić information content (AvgIpc) is 2.98. The van der Waals surface area contributed by atoms with Crippen LogP contribution in [0.5, 0.6) is 0 Å². The summed E-state index contributed by atoms with van der Waals surface area (Å²) in [5.41, 5.74) is 2.75. The fourth-order valence-corrected chi connectivity index (χ4v) is 2.20. The fourth-order valence-electron chi connectivity index (χ4n) is 2.20. The van der Waals surface area contributed by atoms with Crippen molar-refractivity contribution in [2.24, 2.45) is 7.05 Å². The summed E-state index contributed by atoms with van der Waals surface area (Å²) in [6.45, 7) is 4.14. The lowest BCUT2D eigenvalue weighted by atomic mass is 10.2. The Hall–Kier alpha value is -2.67. The Bertz CT molecular complexity index is 693. The average molecular weight is 329 g/mol. The Morgan fingerprint density at radius 3 is 2.54 bits per heavy atom. The topological polar surface area (TPSA) is 88.1 Å². The van der Waals surface area contributed by atoms with Crippen LogP contribution in [0.4, 0.5) is 5.69 Å². The van der Waals surface area contributed by atoms with E-state index in [4.69, 9.17) is 0 Å². The van der Waals surface area contributed by atoms with Gasteiger partial charge in [-0.3, -0.25) is 14.3 Å². The fraction of sp³-hybridized carbons (Fsp3) is 0.353. The zero-order chi connectivity index (χ0) is 17.5. The van der Waals surface area contributed by atoms with Gasteiger partial charge in [0.25, 0.3) is 0 Å². The standard InChI is InChI=1S/C17H23N5O2/c1-12(15-9-20-22(3)11-15)18-10-17(24)19-8-14-4-6-16(7-5-14)21-13(2)23/h4-7,9,11-12,18H,8,10H2,1-3H3,(H,19,24)(H,21,23). The first-order valence-corrected chi connectivity index (χ1v) is 7.79. The van der Waals surface area contributed by atoms with Gasteiger partial charge in [0.2, 0.25) is 11.8 Å². The molecule has 0 saturated heterocycles. The SMILES string of the molecule is CC(=O)Nc1ccc(CNC(=O)CNC(C)c2cnn(C)c2)cc1. The predicted molar refractivity (Wildman–Crippen MR) is 92.2 cm³/mol. The van der Waals surface area contributed by atoms with Crippen molar-refractivity contribution in [3.63, 3.8) is 0 Å². The molecule has 1 aromatic heterocycles. The highest BCUT2D eigenvalue weighted by Crippen LogP contribution is 2.10. The third kappa shape index (κ3) is 5.51. The van der Waals surface area contributed by atoms with Crippen molar-refractivity contribution in [1.29, 1.82) is 0 Å². The van der Waals surface area contributed by atoms with Gasteiger partial charge in [-0.25, -0.2) is 0 Å². The minimum absolute atomic E-state index is 0.0568. The maximum atomic E-state index is 11.9. The summed E-state index contributed by atoms with van der Waals surface area (Å²) in [7, 11) is 1.86. The second kappa shape index (κ2) is 8.26. The molecule has 1 atom stereocenters. The Labute approximate surface area is 141 Å². The summed E-state index contributed by atoms with van der Waals surface area (Å²) in [5.74, 6) is -0.179. The highest BCUT2D eigenvalue weighted by Gasteiger charge is 2.09. The number of carbonyl (C=O) groups excluding carboxylic acids is 2. The summed E-state index contributed by atoms with van der Waals surface area (Å²) in [4.78, 5) is 22.9. The van der Waals surface area contributed by atoms with Crippen LogP contribution >= 0.6 is 0 Å². The second-order valence-electron chi connectivity index (χ2n) is 5.70. The third-order valence-corrected chi connectivity index (χ3v) is 3.56. The Kier molecular flexibility index (Phi) is 6.08. The van der Waals surface area contributed by atoms with Gasteiger partial charge in [-0.1, -0.05) is 12.1 Å². The molecule has 0 fully saturated rings. The first-order valence-electron chi connectivity index (χ1n) is 7.79. The van der Waals surface area contributed by atoms with E-state index in [1.165, 1.54) is 6.92 Å². The zero-order valence-electron chi connectivity index (χ0n) is 14.2. The number of rotatable bonds is 7. The van der Waals surface area contributed by atoms with Gasteiger partial charge >= 0.3 is 0 Å². The molecule has 128 valence electrons. The van der Waals surface area contributed by atoms with Crippen LogP contribution < -0.4 is 16.0 Å². The molecule has 2 rings (SSSR count). The van der Waals surface area contributed by atoms with Crippen LogP contribution in [-0.2, 0) is 23.2 Å². The predicted octanol–water partition coefficient (Wildman–Crippen LogP) is 1.35. The largest absolute Gasteiger partial charge is 0.351 e. The van der Waals surface area contributed by atoms with Crippen molar-refractivity contribution >= 4 is 17.5 Å². The van der Waals surface area contributed by atoms with Crippen molar-refractivity contribution in [1.82, 2.24) is 20.4 Å². The van der Waals surface area contributed by atoms with Gasteiger partial charge in [0, 0.05) is 44.0 Å². The molecule has 0 aliphatic heterocycles. The molecule has 2 amide bonds. The maximum Gasteiger partial charge on any atom is 0.234 e. The molecule has 0 radical (unpaired) electrons. The van der Waals surface area contributed by atoms with Crippen LogP contribution in [0.25, 0.3) is 0 Å². The first kappa shape index (κ1) is 17.7. The molecule has 7 heteroatoms. The third-order valence-electron chi connectivity index (χ3n) is 3.56. The number of anilines is 1. The Morgan fingerprint density at radius 2 is 1.96 bits per heavy atom. The summed E-state index contributed by atoms with van der Waals surface area (Å²) >= 11 is 0. The minimum Gasteiger partial charge on any atom is -0.351 e. The number of nitrogens with one attached hydrogen (secondary N) is 3. The van der Waals surface area contributed by atoms with E-state index in [2.05, 4.69) is 21.0 Å². The van der Waals surface area contributed by atoms with Gasteiger partial charge in [0.15, 0.2) is 0 Å². The number of amides is 2. The molecule has 0 saturated carbocycles. The van der Waals surface area contributed by atoms with E-state index in [1.54, 1.807) is 10.9 Å². The van der Waals surface area contributed by atoms with Crippen molar-refractivity contribution < 1.29 is 9.59 Å². The van der Waals surface area contributed by atoms with E-state index < -0.39 is 0 Å². The van der Waals surface area contributed by atoms with E-state index in [0.717, 1.165) is 16.8 Å². The molecule has 7 nitrogen and oxygen atoms in total. The lowest BCUT2D eigenvalue weighted by Gasteiger charge is -2.12. The van der Waals surface area contributed by atoms with Gasteiger partial charge < -0.3 is 16.0 Å². The lowest BCUT2D eigenvalue weighted by molar-refractivity contribution is -0.120. The molecule has 0 bridgehead atoms. The van der Waals surface area contributed by atoms with E-state index in [1.807, 2.05) is 44.4 Å². The van der Waals surface area contributed by atoms with Crippen LogP contribution in [-0.4, -0.2) is 28.1 Å². The second-order valence-corrected chi connectivity index (χ2v) is 5.70. The van der Waals surface area contributed by atoms with Gasteiger partial charge in [-0.15, -0.1) is 0 Å². The molecule has 24 heavy (non-hydrogen) atoms. The smallest absolute Gasteiger partial charge is 0.234 e. The van der Waals surface area contributed by atoms with Crippen LogP contribution in [0.1, 0.15) is 31.0 Å². The zero-order valence-corrected chi connectivity index (χ0v) is 14.2. The van der Waals surface area contributed by atoms with Crippen molar-refractivity contribution in [3.05, 3.63) is 47.8 Å².